The first-order valence-corrected chi connectivity index (χ1v) is 7.14. The maximum Gasteiger partial charge on any atom is 0.258 e. The van der Waals surface area contributed by atoms with Gasteiger partial charge in [-0.25, -0.2) is 9.19 Å². The lowest BCUT2D eigenvalue weighted by atomic mass is 10.2. The van der Waals surface area contributed by atoms with Crippen LogP contribution >= 0.6 is 0 Å². The predicted octanol–water partition coefficient (Wildman–Crippen LogP) is 2.54. The van der Waals surface area contributed by atoms with Crippen LogP contribution in [0, 0.1) is 10.7 Å². The van der Waals surface area contributed by atoms with Crippen LogP contribution in [0.1, 0.15) is 0 Å². The van der Waals surface area contributed by atoms with Crippen LogP contribution in [0.2, 0.25) is 0 Å². The van der Waals surface area contributed by atoms with E-state index in [1.165, 1.54) is 12.3 Å². The molecule has 0 aliphatic heterocycles. The zero-order valence-corrected chi connectivity index (χ0v) is 11.4. The van der Waals surface area contributed by atoms with Crippen molar-refractivity contribution in [2.24, 2.45) is 0 Å². The van der Waals surface area contributed by atoms with Gasteiger partial charge >= 0.3 is 0 Å². The monoisotopic (exact) mass is 304 g/mol. The Morgan fingerprint density at radius 3 is 2.57 bits per heavy atom. The summed E-state index contributed by atoms with van der Waals surface area (Å²) in [5.41, 5.74) is 1.09. The number of pyridine rings is 1. The van der Waals surface area contributed by atoms with Gasteiger partial charge in [-0.3, -0.25) is 4.78 Å². The van der Waals surface area contributed by atoms with Crippen LogP contribution < -0.4 is 0 Å². The van der Waals surface area contributed by atoms with E-state index in [1.807, 2.05) is 0 Å². The van der Waals surface area contributed by atoms with Crippen LogP contribution in [-0.2, 0) is 10.6 Å². The number of halogens is 1. The van der Waals surface area contributed by atoms with E-state index in [2.05, 4.69) is 15.1 Å². The van der Waals surface area contributed by atoms with E-state index in [9.17, 15) is 8.60 Å². The van der Waals surface area contributed by atoms with E-state index in [1.54, 1.807) is 30.3 Å². The Labute approximate surface area is 120 Å². The van der Waals surface area contributed by atoms with Gasteiger partial charge in [0.25, 0.3) is 5.89 Å². The van der Waals surface area contributed by atoms with Crippen molar-refractivity contribution >= 4 is 10.6 Å². The normalized spacial score (nSPS) is 12.2. The zero-order valence-electron chi connectivity index (χ0n) is 10.5. The molecular formula is C13H9FN4O2S. The van der Waals surface area contributed by atoms with Gasteiger partial charge in [-0.15, -0.1) is 0 Å². The average molecular weight is 304 g/mol. The van der Waals surface area contributed by atoms with E-state index in [0.29, 0.717) is 21.8 Å². The predicted molar refractivity (Wildman–Crippen MR) is 73.4 cm³/mol. The number of thiol groups is 1. The molecule has 1 atom stereocenters. The summed E-state index contributed by atoms with van der Waals surface area (Å²) in [6.45, 7) is 0. The lowest BCUT2D eigenvalue weighted by molar-refractivity contribution is 0.432. The number of nitrogens with zero attached hydrogens (tertiary/aromatic N) is 3. The van der Waals surface area contributed by atoms with Crippen molar-refractivity contribution in [1.82, 2.24) is 15.1 Å². The highest BCUT2D eigenvalue weighted by Crippen LogP contribution is 2.22. The minimum atomic E-state index is -2.12. The van der Waals surface area contributed by atoms with Crippen LogP contribution in [0.3, 0.4) is 0 Å². The molecule has 3 aromatic rings. The Kier molecular flexibility index (Phi) is 3.44. The minimum Gasteiger partial charge on any atom is -0.334 e. The Balaban J connectivity index is 1.94. The maximum absolute atomic E-state index is 13.1. The molecule has 0 saturated heterocycles. The van der Waals surface area contributed by atoms with Crippen LogP contribution in [0.15, 0.2) is 52.0 Å². The summed E-state index contributed by atoms with van der Waals surface area (Å²) in [6.07, 6.45) is 1.31. The summed E-state index contributed by atoms with van der Waals surface area (Å²) in [5.74, 6) is -0.119. The molecule has 0 aliphatic carbocycles. The molecule has 1 aromatic carbocycles. The van der Waals surface area contributed by atoms with Gasteiger partial charge in [0.15, 0.2) is 0 Å². The van der Waals surface area contributed by atoms with E-state index in [0.717, 1.165) is 0 Å². The smallest absolute Gasteiger partial charge is 0.258 e. The molecule has 21 heavy (non-hydrogen) atoms. The Morgan fingerprint density at radius 1 is 1.14 bits per heavy atom. The summed E-state index contributed by atoms with van der Waals surface area (Å²) < 4.78 is 36.3. The summed E-state index contributed by atoms with van der Waals surface area (Å²) in [5, 5.41) is 3.82. The third kappa shape index (κ3) is 2.79. The van der Waals surface area contributed by atoms with Crippen LogP contribution in [-0.4, -0.2) is 19.3 Å². The summed E-state index contributed by atoms with van der Waals surface area (Å²) >= 11 is 0. The lowest BCUT2D eigenvalue weighted by Gasteiger charge is -1.95. The molecule has 8 heteroatoms. The first-order chi connectivity index (χ1) is 10.1. The highest BCUT2D eigenvalue weighted by atomic mass is 32.2. The second-order valence-corrected chi connectivity index (χ2v) is 5.24. The first-order valence-electron chi connectivity index (χ1n) is 5.88. The van der Waals surface area contributed by atoms with E-state index in [4.69, 9.17) is 9.30 Å². The van der Waals surface area contributed by atoms with Gasteiger partial charge in [-0.1, -0.05) is 5.16 Å². The molecule has 2 aromatic heterocycles. The van der Waals surface area contributed by atoms with Gasteiger partial charge in [-0.2, -0.15) is 9.37 Å². The molecular weight excluding hydrogens is 295 g/mol. The molecule has 0 amide bonds. The van der Waals surface area contributed by atoms with Crippen molar-refractivity contribution < 1.29 is 13.1 Å². The highest BCUT2D eigenvalue weighted by molar-refractivity contribution is 7.73. The average Bonchev–Trinajstić information content (AvgIpc) is 2.97. The van der Waals surface area contributed by atoms with Gasteiger partial charge in [0, 0.05) is 28.3 Å². The molecule has 0 saturated carbocycles. The van der Waals surface area contributed by atoms with Gasteiger partial charge in [0.05, 0.1) is 10.6 Å². The third-order valence-corrected chi connectivity index (χ3v) is 3.53. The molecule has 3 rings (SSSR count). The van der Waals surface area contributed by atoms with Gasteiger partial charge < -0.3 is 4.52 Å². The van der Waals surface area contributed by atoms with Crippen molar-refractivity contribution in [2.75, 3.05) is 0 Å². The van der Waals surface area contributed by atoms with Crippen LogP contribution in [0.4, 0.5) is 4.39 Å². The fraction of sp³-hybridized carbons (Fsp3) is 0. The SMILES string of the molecule is N=[SH](=O)c1ccc(-c2noc(-c3ccnc(F)c3)n2)cc1. The Bertz CT molecular complexity index is 851. The zero-order chi connectivity index (χ0) is 14.8. The van der Waals surface area contributed by atoms with Gasteiger partial charge in [0.1, 0.15) is 0 Å². The van der Waals surface area contributed by atoms with Crippen molar-refractivity contribution in [3.63, 3.8) is 0 Å². The number of nitrogens with one attached hydrogen (secondary N) is 1. The lowest BCUT2D eigenvalue weighted by Crippen LogP contribution is -1.85. The molecule has 0 bridgehead atoms. The van der Waals surface area contributed by atoms with Crippen LogP contribution in [0.5, 0.6) is 0 Å². The van der Waals surface area contributed by atoms with Crippen molar-refractivity contribution in [1.29, 1.82) is 4.78 Å². The van der Waals surface area contributed by atoms with Gasteiger partial charge in [0.2, 0.25) is 11.8 Å². The molecule has 0 aliphatic rings. The minimum absolute atomic E-state index is 0.182. The molecule has 0 spiro atoms. The molecule has 6 nitrogen and oxygen atoms in total. The fourth-order valence-corrected chi connectivity index (χ4v) is 2.16. The Hall–Kier alpha value is -2.61. The Morgan fingerprint density at radius 2 is 1.90 bits per heavy atom. The standard InChI is InChI=1S/C13H9FN4O2S/c14-11-7-9(5-6-16-11)13-17-12(18-20-13)8-1-3-10(4-2-8)21(15)19/h1-7,15,21H. The quantitative estimate of drug-likeness (QED) is 0.573. The number of hydrogen-bond donors (Lipinski definition) is 2. The third-order valence-electron chi connectivity index (χ3n) is 2.76. The molecule has 1 N–H and O–H groups in total. The van der Waals surface area contributed by atoms with Crippen molar-refractivity contribution in [3.8, 4) is 22.8 Å². The summed E-state index contributed by atoms with van der Waals surface area (Å²) in [7, 11) is -2.12. The van der Waals surface area contributed by atoms with E-state index < -0.39 is 16.5 Å². The molecule has 0 radical (unpaired) electrons. The summed E-state index contributed by atoms with van der Waals surface area (Å²) in [4.78, 5) is 8.05. The molecule has 1 unspecified atom stereocenters. The largest absolute Gasteiger partial charge is 0.334 e. The summed E-state index contributed by atoms with van der Waals surface area (Å²) in [6, 6.07) is 9.21. The van der Waals surface area contributed by atoms with E-state index >= 15 is 0 Å². The van der Waals surface area contributed by atoms with Crippen molar-refractivity contribution in [2.45, 2.75) is 4.90 Å². The molecule has 0 fully saturated rings. The topological polar surface area (TPSA) is 92.7 Å². The van der Waals surface area contributed by atoms with E-state index in [-0.39, 0.29) is 5.89 Å². The van der Waals surface area contributed by atoms with Crippen LogP contribution in [0.25, 0.3) is 22.8 Å². The maximum atomic E-state index is 13.1. The van der Waals surface area contributed by atoms with Crippen molar-refractivity contribution in [3.05, 3.63) is 48.5 Å². The number of aromatic nitrogens is 3. The molecule has 106 valence electrons. The van der Waals surface area contributed by atoms with Gasteiger partial charge in [-0.05, 0) is 30.3 Å². The molecule has 2 heterocycles. The highest BCUT2D eigenvalue weighted by Gasteiger charge is 2.11. The second-order valence-electron chi connectivity index (χ2n) is 4.13. The number of hydrogen-bond acceptors (Lipinski definition) is 6. The first kappa shape index (κ1) is 13.4. The fourth-order valence-electron chi connectivity index (χ4n) is 1.74. The second kappa shape index (κ2) is 5.41. The number of benzene rings is 1. The number of rotatable bonds is 3.